The van der Waals surface area contributed by atoms with Crippen LogP contribution < -0.4 is 11.1 Å². The van der Waals surface area contributed by atoms with Gasteiger partial charge in [0.2, 0.25) is 0 Å². The maximum absolute atomic E-state index is 5.77. The van der Waals surface area contributed by atoms with Crippen LogP contribution in [-0.2, 0) is 0 Å². The molecule has 3 N–H and O–H groups in total. The highest BCUT2D eigenvalue weighted by molar-refractivity contribution is 5.56. The van der Waals surface area contributed by atoms with Crippen LogP contribution in [0.2, 0.25) is 0 Å². The normalized spacial score (nSPS) is 10.8. The molecule has 0 aromatic heterocycles. The number of nitrogens with two attached hydrogens (primary N) is 1. The van der Waals surface area contributed by atoms with Crippen LogP contribution in [0.5, 0.6) is 0 Å². The van der Waals surface area contributed by atoms with Crippen LogP contribution in [0.3, 0.4) is 0 Å². The van der Waals surface area contributed by atoms with E-state index in [1.54, 1.807) is 0 Å². The number of nitrogen functional groups attached to an aromatic ring is 1. The van der Waals surface area contributed by atoms with Crippen molar-refractivity contribution >= 4 is 11.4 Å². The van der Waals surface area contributed by atoms with Gasteiger partial charge in [-0.3, -0.25) is 0 Å². The molecule has 0 atom stereocenters. The zero-order valence-corrected chi connectivity index (χ0v) is 10.6. The Labute approximate surface area is 98.6 Å². The van der Waals surface area contributed by atoms with E-state index in [-0.39, 0.29) is 0 Å². The lowest BCUT2D eigenvalue weighted by Crippen LogP contribution is -2.20. The third kappa shape index (κ3) is 4.11. The Balaban J connectivity index is 2.29. The molecule has 0 heterocycles. The van der Waals surface area contributed by atoms with E-state index in [2.05, 4.69) is 30.3 Å². The monoisotopic (exact) mass is 221 g/mol. The number of hydrogen-bond donors (Lipinski definition) is 2. The number of hydrogen-bond acceptors (Lipinski definition) is 3. The first-order valence-corrected chi connectivity index (χ1v) is 5.92. The quantitative estimate of drug-likeness (QED) is 0.572. The number of nitrogens with one attached hydrogen (secondary N) is 1. The van der Waals surface area contributed by atoms with Gasteiger partial charge in [0.05, 0.1) is 0 Å². The second kappa shape index (κ2) is 6.38. The number of nitrogens with zero attached hydrogens (tertiary/aromatic N) is 1. The lowest BCUT2D eigenvalue weighted by molar-refractivity contribution is 0.351. The number of benzene rings is 1. The summed E-state index contributed by atoms with van der Waals surface area (Å²) in [7, 11) is 2.15. The van der Waals surface area contributed by atoms with Crippen molar-refractivity contribution in [3.63, 3.8) is 0 Å². The van der Waals surface area contributed by atoms with E-state index in [1.165, 1.54) is 0 Å². The van der Waals surface area contributed by atoms with Gasteiger partial charge < -0.3 is 16.0 Å². The smallest absolute Gasteiger partial charge is 0.0345 e. The summed E-state index contributed by atoms with van der Waals surface area (Å²) in [6.07, 6.45) is 1.16. The average molecular weight is 221 g/mol. The third-order valence-corrected chi connectivity index (χ3v) is 2.86. The second-order valence-electron chi connectivity index (χ2n) is 4.25. The summed E-state index contributed by atoms with van der Waals surface area (Å²) in [6.45, 7) is 7.47. The van der Waals surface area contributed by atoms with E-state index in [1.807, 2.05) is 19.1 Å². The van der Waals surface area contributed by atoms with Crippen molar-refractivity contribution in [1.29, 1.82) is 0 Å². The Morgan fingerprint density at radius 2 is 2.12 bits per heavy atom. The first kappa shape index (κ1) is 12.8. The number of rotatable bonds is 6. The molecule has 3 nitrogen and oxygen atoms in total. The van der Waals surface area contributed by atoms with Crippen LogP contribution in [0.1, 0.15) is 18.9 Å². The van der Waals surface area contributed by atoms with Crippen molar-refractivity contribution in [3.05, 3.63) is 23.8 Å². The standard InChI is InChI=1S/C13H23N3/c1-4-16(3)9-5-8-15-12-6-7-13(14)11(2)10-12/h6-7,10,15H,4-5,8-9,14H2,1-3H3. The van der Waals surface area contributed by atoms with E-state index < -0.39 is 0 Å². The topological polar surface area (TPSA) is 41.3 Å². The van der Waals surface area contributed by atoms with Crippen LogP contribution in [0.25, 0.3) is 0 Å². The largest absolute Gasteiger partial charge is 0.399 e. The van der Waals surface area contributed by atoms with Gasteiger partial charge in [-0.1, -0.05) is 6.92 Å². The van der Waals surface area contributed by atoms with Crippen LogP contribution in [0, 0.1) is 6.92 Å². The van der Waals surface area contributed by atoms with Gasteiger partial charge in [-0.15, -0.1) is 0 Å². The average Bonchev–Trinajstić information content (AvgIpc) is 2.28. The highest BCUT2D eigenvalue weighted by Gasteiger charge is 1.97. The van der Waals surface area contributed by atoms with Gasteiger partial charge in [0.1, 0.15) is 0 Å². The summed E-state index contributed by atoms with van der Waals surface area (Å²) < 4.78 is 0. The van der Waals surface area contributed by atoms with Gasteiger partial charge in [-0.2, -0.15) is 0 Å². The molecule has 1 rings (SSSR count). The van der Waals surface area contributed by atoms with Crippen LogP contribution in [0.4, 0.5) is 11.4 Å². The fourth-order valence-corrected chi connectivity index (χ4v) is 1.53. The Morgan fingerprint density at radius 1 is 1.38 bits per heavy atom. The first-order chi connectivity index (χ1) is 7.63. The summed E-state index contributed by atoms with van der Waals surface area (Å²) in [4.78, 5) is 2.32. The second-order valence-corrected chi connectivity index (χ2v) is 4.25. The van der Waals surface area contributed by atoms with E-state index in [0.717, 1.165) is 43.0 Å². The summed E-state index contributed by atoms with van der Waals surface area (Å²) in [5.74, 6) is 0. The molecule has 0 amide bonds. The lowest BCUT2D eigenvalue weighted by atomic mass is 10.2. The molecule has 0 saturated heterocycles. The van der Waals surface area contributed by atoms with Gasteiger partial charge in [-0.25, -0.2) is 0 Å². The molecular formula is C13H23N3. The Bertz CT molecular complexity index is 323. The minimum Gasteiger partial charge on any atom is -0.399 e. The number of aryl methyl sites for hydroxylation is 1. The molecule has 0 spiro atoms. The molecule has 0 fully saturated rings. The molecule has 1 aromatic rings. The van der Waals surface area contributed by atoms with Gasteiger partial charge in [0, 0.05) is 17.9 Å². The van der Waals surface area contributed by atoms with Crippen molar-refractivity contribution < 1.29 is 0 Å². The highest BCUT2D eigenvalue weighted by Crippen LogP contribution is 2.16. The summed E-state index contributed by atoms with van der Waals surface area (Å²) in [6, 6.07) is 6.08. The summed E-state index contributed by atoms with van der Waals surface area (Å²) in [5.41, 5.74) is 8.92. The van der Waals surface area contributed by atoms with E-state index >= 15 is 0 Å². The van der Waals surface area contributed by atoms with Crippen LogP contribution >= 0.6 is 0 Å². The van der Waals surface area contributed by atoms with E-state index in [9.17, 15) is 0 Å². The van der Waals surface area contributed by atoms with Crippen molar-refractivity contribution in [2.45, 2.75) is 20.3 Å². The molecule has 0 aliphatic heterocycles. The van der Waals surface area contributed by atoms with Crippen molar-refractivity contribution in [2.24, 2.45) is 0 Å². The number of anilines is 2. The predicted octanol–water partition coefficient (Wildman–Crippen LogP) is 2.33. The predicted molar refractivity (Wildman–Crippen MR) is 71.9 cm³/mol. The maximum atomic E-state index is 5.77. The molecule has 1 aromatic carbocycles. The Hall–Kier alpha value is -1.22. The zero-order valence-electron chi connectivity index (χ0n) is 10.6. The van der Waals surface area contributed by atoms with Crippen LogP contribution in [-0.4, -0.2) is 31.6 Å². The molecule has 90 valence electrons. The maximum Gasteiger partial charge on any atom is 0.0345 e. The lowest BCUT2D eigenvalue weighted by Gasteiger charge is -2.14. The van der Waals surface area contributed by atoms with Crippen molar-refractivity contribution in [1.82, 2.24) is 4.90 Å². The molecule has 0 bridgehead atoms. The molecule has 0 saturated carbocycles. The fraction of sp³-hybridized carbons (Fsp3) is 0.538. The SMILES string of the molecule is CCN(C)CCCNc1ccc(N)c(C)c1. The molecule has 3 heteroatoms. The van der Waals surface area contributed by atoms with E-state index in [4.69, 9.17) is 5.73 Å². The van der Waals surface area contributed by atoms with Crippen molar-refractivity contribution in [2.75, 3.05) is 37.7 Å². The highest BCUT2D eigenvalue weighted by atomic mass is 15.1. The molecule has 0 aliphatic rings. The van der Waals surface area contributed by atoms with Gasteiger partial charge in [0.15, 0.2) is 0 Å². The van der Waals surface area contributed by atoms with E-state index in [0.29, 0.717) is 0 Å². The molecule has 0 radical (unpaired) electrons. The molecule has 0 unspecified atom stereocenters. The molecular weight excluding hydrogens is 198 g/mol. The van der Waals surface area contributed by atoms with Gasteiger partial charge in [0.25, 0.3) is 0 Å². The fourth-order valence-electron chi connectivity index (χ4n) is 1.53. The summed E-state index contributed by atoms with van der Waals surface area (Å²) >= 11 is 0. The zero-order chi connectivity index (χ0) is 12.0. The minimum absolute atomic E-state index is 0.858. The van der Waals surface area contributed by atoms with Gasteiger partial charge >= 0.3 is 0 Å². The first-order valence-electron chi connectivity index (χ1n) is 5.92. The molecule has 16 heavy (non-hydrogen) atoms. The Kier molecular flexibility index (Phi) is 5.12. The van der Waals surface area contributed by atoms with Gasteiger partial charge in [-0.05, 0) is 57.2 Å². The van der Waals surface area contributed by atoms with Crippen molar-refractivity contribution in [3.8, 4) is 0 Å². The Morgan fingerprint density at radius 3 is 2.75 bits per heavy atom. The minimum atomic E-state index is 0.858. The summed E-state index contributed by atoms with van der Waals surface area (Å²) in [5, 5.41) is 3.41. The van der Waals surface area contributed by atoms with Crippen LogP contribution in [0.15, 0.2) is 18.2 Å². The third-order valence-electron chi connectivity index (χ3n) is 2.86. The molecule has 0 aliphatic carbocycles.